The summed E-state index contributed by atoms with van der Waals surface area (Å²) in [5.74, 6) is 0.0466. The topological polar surface area (TPSA) is 56.3 Å². The number of hydrogen-bond acceptors (Lipinski definition) is 3. The number of hydrogen-bond donors (Lipinski definition) is 2. The first-order valence-corrected chi connectivity index (χ1v) is 8.22. The van der Waals surface area contributed by atoms with Crippen molar-refractivity contribution in [2.45, 2.75) is 20.0 Å². The van der Waals surface area contributed by atoms with Crippen LogP contribution in [0.3, 0.4) is 0 Å². The van der Waals surface area contributed by atoms with Crippen LogP contribution in [0.25, 0.3) is 0 Å². The average Bonchev–Trinajstić information content (AvgIpc) is 2.99. The molecule has 3 aromatic rings. The van der Waals surface area contributed by atoms with Crippen molar-refractivity contribution in [2.75, 3.05) is 0 Å². The van der Waals surface area contributed by atoms with E-state index in [2.05, 4.69) is 20.6 Å². The zero-order chi connectivity index (χ0) is 18.1. The summed E-state index contributed by atoms with van der Waals surface area (Å²) >= 11 is 0. The number of halogens is 2. The standard InChI is InChI=1S/C19H17F2N5/c1-12-6-18(24-23-12)22-19-17-5-3-2-4-14(17)11-26(25-19)10-13-7-15(20)9-16(21)8-13/h2-9H,10-11H2,1H3,(H2,22,23,24,25). The van der Waals surface area contributed by atoms with Gasteiger partial charge in [0.15, 0.2) is 11.7 Å². The molecule has 4 rings (SSSR count). The second-order valence-electron chi connectivity index (χ2n) is 6.27. The lowest BCUT2D eigenvalue weighted by Crippen LogP contribution is -2.45. The summed E-state index contributed by atoms with van der Waals surface area (Å²) in [6, 6.07) is 13.3. The maximum absolute atomic E-state index is 13.5. The minimum absolute atomic E-state index is 0.335. The van der Waals surface area contributed by atoms with Gasteiger partial charge in [-0.1, -0.05) is 24.3 Å². The SMILES string of the molecule is Cc1cc(N=C2NN(Cc3cc(F)cc(F)c3)Cc3ccccc32)n[nH]1. The summed E-state index contributed by atoms with van der Waals surface area (Å²) in [5, 5.41) is 8.88. The molecule has 5 nitrogen and oxygen atoms in total. The first-order chi connectivity index (χ1) is 12.6. The molecule has 0 fully saturated rings. The van der Waals surface area contributed by atoms with Gasteiger partial charge in [0.2, 0.25) is 0 Å². The molecule has 26 heavy (non-hydrogen) atoms. The van der Waals surface area contributed by atoms with E-state index in [1.807, 2.05) is 42.3 Å². The van der Waals surface area contributed by atoms with Gasteiger partial charge in [-0.25, -0.2) is 18.8 Å². The van der Waals surface area contributed by atoms with Crippen molar-refractivity contribution in [2.24, 2.45) is 4.99 Å². The molecule has 2 heterocycles. The van der Waals surface area contributed by atoms with Crippen LogP contribution >= 0.6 is 0 Å². The van der Waals surface area contributed by atoms with Crippen LogP contribution in [0, 0.1) is 18.6 Å². The van der Waals surface area contributed by atoms with Crippen LogP contribution in [-0.2, 0) is 13.1 Å². The Balaban J connectivity index is 1.66. The second-order valence-corrected chi connectivity index (χ2v) is 6.27. The number of nitrogens with zero attached hydrogens (tertiary/aromatic N) is 3. The summed E-state index contributed by atoms with van der Waals surface area (Å²) < 4.78 is 26.9. The molecule has 2 N–H and O–H groups in total. The molecule has 0 bridgehead atoms. The van der Waals surface area contributed by atoms with Crippen LogP contribution in [0.2, 0.25) is 0 Å². The number of hydrazine groups is 1. The van der Waals surface area contributed by atoms with E-state index < -0.39 is 11.6 Å². The number of rotatable bonds is 3. The third-order valence-corrected chi connectivity index (χ3v) is 4.11. The lowest BCUT2D eigenvalue weighted by molar-refractivity contribution is 0.209. The molecular weight excluding hydrogens is 336 g/mol. The molecule has 132 valence electrons. The quantitative estimate of drug-likeness (QED) is 0.757. The van der Waals surface area contributed by atoms with Crippen LogP contribution in [0.15, 0.2) is 53.5 Å². The van der Waals surface area contributed by atoms with Gasteiger partial charge in [-0.3, -0.25) is 5.10 Å². The lowest BCUT2D eigenvalue weighted by atomic mass is 10.0. The summed E-state index contributed by atoms with van der Waals surface area (Å²) in [6.07, 6.45) is 0. The van der Waals surface area contributed by atoms with Gasteiger partial charge in [-0.05, 0) is 30.2 Å². The zero-order valence-electron chi connectivity index (χ0n) is 14.1. The molecule has 0 aliphatic carbocycles. The molecule has 0 radical (unpaired) electrons. The molecular formula is C19H17F2N5. The number of nitrogens with one attached hydrogen (secondary N) is 2. The number of aryl methyl sites for hydroxylation is 1. The molecule has 0 atom stereocenters. The Morgan fingerprint density at radius 2 is 1.88 bits per heavy atom. The van der Waals surface area contributed by atoms with Gasteiger partial charge in [-0.2, -0.15) is 5.10 Å². The van der Waals surface area contributed by atoms with E-state index in [1.54, 1.807) is 0 Å². The average molecular weight is 353 g/mol. The van der Waals surface area contributed by atoms with Crippen molar-refractivity contribution in [3.8, 4) is 0 Å². The molecule has 0 saturated heterocycles. The molecule has 0 spiro atoms. The van der Waals surface area contributed by atoms with E-state index in [0.29, 0.717) is 30.3 Å². The zero-order valence-corrected chi connectivity index (χ0v) is 14.1. The summed E-state index contributed by atoms with van der Waals surface area (Å²) in [4.78, 5) is 4.58. The molecule has 1 aromatic heterocycles. The van der Waals surface area contributed by atoms with Crippen LogP contribution in [0.1, 0.15) is 22.4 Å². The van der Waals surface area contributed by atoms with E-state index in [0.717, 1.165) is 22.9 Å². The van der Waals surface area contributed by atoms with Crippen LogP contribution in [0.4, 0.5) is 14.6 Å². The smallest absolute Gasteiger partial charge is 0.175 e. The Hall–Kier alpha value is -3.06. The fraction of sp³-hybridized carbons (Fsp3) is 0.158. The number of benzene rings is 2. The van der Waals surface area contributed by atoms with Crippen LogP contribution in [0.5, 0.6) is 0 Å². The molecule has 1 aliphatic rings. The second kappa shape index (κ2) is 6.68. The van der Waals surface area contributed by atoms with E-state index in [4.69, 9.17) is 0 Å². The maximum Gasteiger partial charge on any atom is 0.175 e. The Labute approximate surface area is 149 Å². The largest absolute Gasteiger partial charge is 0.302 e. The number of aliphatic imine (C=N–C) groups is 1. The number of amidine groups is 1. The fourth-order valence-corrected chi connectivity index (χ4v) is 3.02. The highest BCUT2D eigenvalue weighted by molar-refractivity contribution is 6.01. The van der Waals surface area contributed by atoms with Gasteiger partial charge in [0.1, 0.15) is 11.6 Å². The van der Waals surface area contributed by atoms with Crippen LogP contribution < -0.4 is 5.43 Å². The first kappa shape index (κ1) is 16.4. The van der Waals surface area contributed by atoms with Gasteiger partial charge >= 0.3 is 0 Å². The van der Waals surface area contributed by atoms with Crippen molar-refractivity contribution in [1.82, 2.24) is 20.6 Å². The first-order valence-electron chi connectivity index (χ1n) is 8.22. The van der Waals surface area contributed by atoms with Crippen molar-refractivity contribution in [1.29, 1.82) is 0 Å². The number of aromatic amines is 1. The highest BCUT2D eigenvalue weighted by Gasteiger charge is 2.21. The monoisotopic (exact) mass is 353 g/mol. The van der Waals surface area contributed by atoms with E-state index in [9.17, 15) is 8.78 Å². The summed E-state index contributed by atoms with van der Waals surface area (Å²) in [6.45, 7) is 2.83. The molecule has 7 heteroatoms. The Morgan fingerprint density at radius 1 is 1.12 bits per heavy atom. The maximum atomic E-state index is 13.5. The summed E-state index contributed by atoms with van der Waals surface area (Å²) in [5.41, 5.74) is 6.76. The highest BCUT2D eigenvalue weighted by atomic mass is 19.1. The van der Waals surface area contributed by atoms with Crippen molar-refractivity contribution in [3.05, 3.63) is 82.5 Å². The predicted molar refractivity (Wildman–Crippen MR) is 94.7 cm³/mol. The van der Waals surface area contributed by atoms with Gasteiger partial charge in [0.05, 0.1) is 0 Å². The van der Waals surface area contributed by atoms with E-state index in [-0.39, 0.29) is 0 Å². The minimum Gasteiger partial charge on any atom is -0.302 e. The van der Waals surface area contributed by atoms with Crippen molar-refractivity contribution >= 4 is 11.7 Å². The van der Waals surface area contributed by atoms with Gasteiger partial charge in [0.25, 0.3) is 0 Å². The Bertz CT molecular complexity index is 959. The van der Waals surface area contributed by atoms with Gasteiger partial charge in [0, 0.05) is 36.5 Å². The fourth-order valence-electron chi connectivity index (χ4n) is 3.02. The number of fused-ring (bicyclic) bond motifs is 1. The van der Waals surface area contributed by atoms with Gasteiger partial charge < -0.3 is 5.43 Å². The lowest BCUT2D eigenvalue weighted by Gasteiger charge is -2.31. The predicted octanol–water partition coefficient (Wildman–Crippen LogP) is 3.60. The molecule has 1 aliphatic heterocycles. The van der Waals surface area contributed by atoms with Crippen LogP contribution in [-0.4, -0.2) is 21.0 Å². The molecule has 0 saturated carbocycles. The normalized spacial score (nSPS) is 15.7. The number of aromatic nitrogens is 2. The van der Waals surface area contributed by atoms with Crippen molar-refractivity contribution in [3.63, 3.8) is 0 Å². The molecule has 2 aromatic carbocycles. The summed E-state index contributed by atoms with van der Waals surface area (Å²) in [7, 11) is 0. The number of H-pyrrole nitrogens is 1. The Morgan fingerprint density at radius 3 is 2.62 bits per heavy atom. The third kappa shape index (κ3) is 3.48. The van der Waals surface area contributed by atoms with Gasteiger partial charge in [-0.15, -0.1) is 0 Å². The Kier molecular flexibility index (Phi) is 4.22. The third-order valence-electron chi connectivity index (χ3n) is 4.11. The molecule has 0 unspecified atom stereocenters. The van der Waals surface area contributed by atoms with E-state index in [1.165, 1.54) is 12.1 Å². The molecule has 0 amide bonds. The van der Waals surface area contributed by atoms with E-state index >= 15 is 0 Å². The highest BCUT2D eigenvalue weighted by Crippen LogP contribution is 2.21. The minimum atomic E-state index is -0.585. The van der Waals surface area contributed by atoms with Crippen molar-refractivity contribution < 1.29 is 8.78 Å².